The van der Waals surface area contributed by atoms with Gasteiger partial charge in [0.15, 0.2) is 0 Å². The molecule has 0 aliphatic heterocycles. The first-order valence-corrected chi connectivity index (χ1v) is 18.8. The quantitative estimate of drug-likeness (QED) is 0.170. The number of benzene rings is 10. The fourth-order valence-corrected chi connectivity index (χ4v) is 8.23. The van der Waals surface area contributed by atoms with E-state index in [1.54, 1.807) is 0 Å². The lowest BCUT2D eigenvalue weighted by molar-refractivity contribution is 0.673. The summed E-state index contributed by atoms with van der Waals surface area (Å²) in [6, 6.07) is 62.6. The molecule has 11 aromatic rings. The molecule has 0 aliphatic rings. The van der Waals surface area contributed by atoms with Crippen molar-refractivity contribution in [3.63, 3.8) is 0 Å². The van der Waals surface area contributed by atoms with Crippen molar-refractivity contribution in [1.29, 1.82) is 0 Å². The molecule has 11 rings (SSSR count). The lowest BCUT2D eigenvalue weighted by atomic mass is 9.93. The molecule has 0 amide bonds. The van der Waals surface area contributed by atoms with Gasteiger partial charge in [0.1, 0.15) is 11.2 Å². The van der Waals surface area contributed by atoms with Crippen molar-refractivity contribution in [2.24, 2.45) is 0 Å². The molecule has 1 aromatic heterocycles. The molecule has 0 spiro atoms. The van der Waals surface area contributed by atoms with Crippen LogP contribution in [0.4, 0.5) is 17.1 Å². The topological polar surface area (TPSA) is 16.4 Å². The number of para-hydroxylation sites is 2. The van der Waals surface area contributed by atoms with Gasteiger partial charge in [-0.15, -0.1) is 0 Å². The maximum Gasteiger partial charge on any atom is 0.143 e. The van der Waals surface area contributed by atoms with E-state index in [1.807, 2.05) is 114 Å². The monoisotopic (exact) mass is 717 g/mol. The number of hydrogen-bond acceptors (Lipinski definition) is 2. The molecule has 2 nitrogen and oxygen atoms in total. The van der Waals surface area contributed by atoms with Crippen LogP contribution in [-0.2, 0) is 0 Å². The Balaban J connectivity index is 1.17. The summed E-state index contributed by atoms with van der Waals surface area (Å²) in [7, 11) is 0. The van der Waals surface area contributed by atoms with E-state index >= 15 is 0 Å². The predicted octanol–water partition coefficient (Wildman–Crippen LogP) is 15.5. The first-order valence-electron chi connectivity index (χ1n) is 20.8. The van der Waals surface area contributed by atoms with Gasteiger partial charge in [-0.2, -0.15) is 0 Å². The van der Waals surface area contributed by atoms with E-state index < -0.39 is 0 Å². The molecule has 1 heterocycles. The van der Waals surface area contributed by atoms with Gasteiger partial charge in [-0.25, -0.2) is 0 Å². The van der Waals surface area contributed by atoms with Crippen LogP contribution in [0.5, 0.6) is 0 Å². The molecular weight excluding hydrogens is 679 g/mol. The second-order valence-electron chi connectivity index (χ2n) is 14.2. The lowest BCUT2D eigenvalue weighted by Crippen LogP contribution is -2.11. The van der Waals surface area contributed by atoms with Gasteiger partial charge in [0.25, 0.3) is 0 Å². The molecule has 0 saturated carbocycles. The van der Waals surface area contributed by atoms with Crippen LogP contribution in [0.2, 0.25) is 0 Å². The predicted molar refractivity (Wildman–Crippen MR) is 237 cm³/mol. The van der Waals surface area contributed by atoms with Crippen LogP contribution >= 0.6 is 0 Å². The number of rotatable bonds is 6. The van der Waals surface area contributed by atoms with Crippen LogP contribution in [0.15, 0.2) is 217 Å². The third-order valence-electron chi connectivity index (χ3n) is 10.9. The van der Waals surface area contributed by atoms with E-state index in [-0.39, 0.29) is 35.4 Å². The highest BCUT2D eigenvalue weighted by atomic mass is 16.3. The first-order chi connectivity index (χ1) is 29.4. The summed E-state index contributed by atoms with van der Waals surface area (Å²) in [5.74, 6) is 0. The summed E-state index contributed by atoms with van der Waals surface area (Å²) in [5, 5.41) is 8.28. The van der Waals surface area contributed by atoms with Crippen molar-refractivity contribution in [3.8, 4) is 33.4 Å². The Kier molecular flexibility index (Phi) is 6.60. The van der Waals surface area contributed by atoms with E-state index in [0.717, 1.165) is 76.5 Å². The fraction of sp³-hybridized carbons (Fsp3) is 0. The Morgan fingerprint density at radius 2 is 1.00 bits per heavy atom. The van der Waals surface area contributed by atoms with Gasteiger partial charge in [-0.3, -0.25) is 0 Å². The zero-order valence-corrected chi connectivity index (χ0v) is 30.3. The van der Waals surface area contributed by atoms with Crippen molar-refractivity contribution in [2.45, 2.75) is 0 Å². The summed E-state index contributed by atoms with van der Waals surface area (Å²) < 4.78 is 45.1. The minimum Gasteiger partial charge on any atom is -0.455 e. The van der Waals surface area contributed by atoms with Crippen molar-refractivity contribution in [1.82, 2.24) is 0 Å². The van der Waals surface area contributed by atoms with Crippen molar-refractivity contribution in [2.75, 3.05) is 4.90 Å². The van der Waals surface area contributed by atoms with Crippen LogP contribution in [0.1, 0.15) is 5.48 Å². The number of furan rings is 1. The zero-order valence-electron chi connectivity index (χ0n) is 34.3. The average Bonchev–Trinajstić information content (AvgIpc) is 3.70. The van der Waals surface area contributed by atoms with Crippen molar-refractivity contribution >= 4 is 71.3 Å². The summed E-state index contributed by atoms with van der Waals surface area (Å²) in [6.07, 6.45) is 0. The van der Waals surface area contributed by atoms with Gasteiger partial charge in [-0.1, -0.05) is 164 Å². The van der Waals surface area contributed by atoms with Crippen molar-refractivity contribution < 1.29 is 9.90 Å². The third-order valence-corrected chi connectivity index (χ3v) is 10.9. The number of hydrogen-bond donors (Lipinski definition) is 0. The van der Waals surface area contributed by atoms with Gasteiger partial charge in [-0.05, 0) is 103 Å². The van der Waals surface area contributed by atoms with E-state index in [9.17, 15) is 5.48 Å². The van der Waals surface area contributed by atoms with Crippen LogP contribution in [0.3, 0.4) is 0 Å². The summed E-state index contributed by atoms with van der Waals surface area (Å²) >= 11 is 0. The Bertz CT molecular complexity index is 3460. The smallest absolute Gasteiger partial charge is 0.143 e. The van der Waals surface area contributed by atoms with E-state index in [2.05, 4.69) is 78.9 Å². The Labute approximate surface area is 330 Å². The minimum atomic E-state index is -0.135. The first kappa shape index (κ1) is 28.1. The highest BCUT2D eigenvalue weighted by Crippen LogP contribution is 2.47. The second-order valence-corrected chi connectivity index (χ2v) is 14.2. The van der Waals surface area contributed by atoms with Gasteiger partial charge < -0.3 is 9.32 Å². The highest BCUT2D eigenvalue weighted by molar-refractivity contribution is 6.22. The lowest BCUT2D eigenvalue weighted by Gasteiger charge is -2.28. The van der Waals surface area contributed by atoms with E-state index in [1.165, 1.54) is 0 Å². The standard InChI is InChI=1S/C54H35NO/c1-2-14-40-34-41(25-24-36(40)12-1)37-26-30-43(31-27-37)55(44-32-28-39(29-33-44)46-21-11-16-38-13-3-5-17-45(38)46)51-22-9-7-19-48(51)50-35-42-15-4-6-18-47(42)54-53(50)49-20-8-10-23-52(49)56-54/h1-35H/i26D,27D,30D,31D. The maximum atomic E-state index is 9.73. The summed E-state index contributed by atoms with van der Waals surface area (Å²) in [5.41, 5.74) is 7.94. The van der Waals surface area contributed by atoms with E-state index in [0.29, 0.717) is 16.9 Å². The van der Waals surface area contributed by atoms with Crippen LogP contribution < -0.4 is 4.90 Å². The zero-order chi connectivity index (χ0) is 40.5. The van der Waals surface area contributed by atoms with Gasteiger partial charge >= 0.3 is 0 Å². The SMILES string of the molecule is [2H]c1c([2H])c(N(c2ccc(-c3cccc4ccccc34)cc2)c2ccccc2-c2cc3ccccc3c3oc4ccccc4c23)c([2H])c([2H])c1-c1ccc2ccccc2c1. The third kappa shape index (κ3) is 5.34. The second kappa shape index (κ2) is 13.2. The normalized spacial score (nSPS) is 12.6. The maximum absolute atomic E-state index is 9.73. The van der Waals surface area contributed by atoms with Crippen LogP contribution in [0, 0.1) is 0 Å². The molecule has 10 aromatic carbocycles. The molecule has 0 aliphatic carbocycles. The Hall–Kier alpha value is -7.42. The van der Waals surface area contributed by atoms with Crippen LogP contribution in [-0.4, -0.2) is 0 Å². The van der Waals surface area contributed by atoms with E-state index in [4.69, 9.17) is 4.42 Å². The molecule has 0 atom stereocenters. The molecule has 2 heteroatoms. The molecule has 0 saturated heterocycles. The molecule has 56 heavy (non-hydrogen) atoms. The highest BCUT2D eigenvalue weighted by Gasteiger charge is 2.22. The minimum absolute atomic E-state index is 0.106. The molecule has 0 unspecified atom stereocenters. The molecule has 0 radical (unpaired) electrons. The number of nitrogens with zero attached hydrogens (tertiary/aromatic N) is 1. The molecule has 0 N–H and O–H groups in total. The van der Waals surface area contributed by atoms with Crippen LogP contribution in [0.25, 0.3) is 87.6 Å². The van der Waals surface area contributed by atoms with Gasteiger partial charge in [0.2, 0.25) is 0 Å². The largest absolute Gasteiger partial charge is 0.455 e. The molecule has 262 valence electrons. The molecule has 0 bridgehead atoms. The number of fused-ring (bicyclic) bond motifs is 7. The average molecular weight is 718 g/mol. The molecular formula is C54H35NO. The Morgan fingerprint density at radius 1 is 0.375 bits per heavy atom. The van der Waals surface area contributed by atoms with Gasteiger partial charge in [0, 0.05) is 33.1 Å². The molecule has 0 fully saturated rings. The van der Waals surface area contributed by atoms with Crippen molar-refractivity contribution in [3.05, 3.63) is 212 Å². The number of anilines is 3. The van der Waals surface area contributed by atoms with Gasteiger partial charge in [0.05, 0.1) is 11.2 Å². The fourth-order valence-electron chi connectivity index (χ4n) is 8.23. The summed E-state index contributed by atoms with van der Waals surface area (Å²) in [6.45, 7) is 0. The summed E-state index contributed by atoms with van der Waals surface area (Å²) in [4.78, 5) is 1.90. The Morgan fingerprint density at radius 3 is 1.84 bits per heavy atom.